The summed E-state index contributed by atoms with van der Waals surface area (Å²) in [5, 5.41) is 0. The van der Waals surface area contributed by atoms with Gasteiger partial charge < -0.3 is 21.1 Å². The summed E-state index contributed by atoms with van der Waals surface area (Å²) in [4.78, 5) is 20.7. The number of carbonyl (C=O) groups is 1. The summed E-state index contributed by atoms with van der Waals surface area (Å²) >= 11 is 0. The van der Waals surface area contributed by atoms with E-state index in [1.54, 1.807) is 6.20 Å². The van der Waals surface area contributed by atoms with Gasteiger partial charge in [-0.15, -0.1) is 0 Å². The number of rotatable bonds is 2. The van der Waals surface area contributed by atoms with Crippen LogP contribution in [0.1, 0.15) is 12.8 Å². The lowest BCUT2D eigenvalue weighted by Gasteiger charge is -2.33. The van der Waals surface area contributed by atoms with Crippen LogP contribution in [-0.2, 0) is 4.74 Å². The Labute approximate surface area is 98.8 Å². The number of nitrogens with zero attached hydrogens (tertiary/aromatic N) is 3. The highest BCUT2D eigenvalue weighted by molar-refractivity contribution is 5.65. The van der Waals surface area contributed by atoms with Gasteiger partial charge >= 0.3 is 6.09 Å². The Bertz CT molecular complexity index is 411. The fourth-order valence-electron chi connectivity index (χ4n) is 1.99. The molecule has 1 aliphatic rings. The topological polar surface area (TPSA) is 107 Å². The van der Waals surface area contributed by atoms with Gasteiger partial charge in [0, 0.05) is 6.54 Å². The molecular weight excluding hydrogens is 222 g/mol. The molecule has 1 amide bonds. The van der Waals surface area contributed by atoms with Gasteiger partial charge in [-0.3, -0.25) is 0 Å². The minimum Gasteiger partial charge on any atom is -0.445 e. The maximum Gasteiger partial charge on any atom is 0.404 e. The Morgan fingerprint density at radius 3 is 3.12 bits per heavy atom. The molecule has 2 heterocycles. The predicted octanol–water partition coefficient (Wildman–Crippen LogP) is 0.123. The maximum absolute atomic E-state index is 10.7. The van der Waals surface area contributed by atoms with Gasteiger partial charge in [0.25, 0.3) is 0 Å². The fourth-order valence-corrected chi connectivity index (χ4v) is 1.99. The molecule has 0 unspecified atom stereocenters. The first-order chi connectivity index (χ1) is 8.16. The summed E-state index contributed by atoms with van der Waals surface area (Å²) < 4.78 is 5.00. The number of nitrogen functional groups attached to an aromatic ring is 1. The number of carbonyl (C=O) groups excluding carboxylic acids is 1. The number of amides is 1. The van der Waals surface area contributed by atoms with Crippen LogP contribution in [0.25, 0.3) is 0 Å². The summed E-state index contributed by atoms with van der Waals surface area (Å²) in [6.45, 7) is 1.39. The number of primary amides is 1. The van der Waals surface area contributed by atoms with Crippen LogP contribution >= 0.6 is 0 Å². The number of ether oxygens (including phenoxy) is 1. The van der Waals surface area contributed by atoms with E-state index in [4.69, 9.17) is 16.2 Å². The maximum atomic E-state index is 10.7. The Morgan fingerprint density at radius 2 is 2.41 bits per heavy atom. The molecule has 1 atom stereocenters. The SMILES string of the molecule is NC(=O)O[C@H]1CCCN(c2ncncc2N)C1. The van der Waals surface area contributed by atoms with Crippen molar-refractivity contribution in [2.75, 3.05) is 23.7 Å². The Balaban J connectivity index is 2.07. The van der Waals surface area contributed by atoms with Crippen molar-refractivity contribution >= 4 is 17.6 Å². The van der Waals surface area contributed by atoms with Gasteiger partial charge in [0.05, 0.1) is 18.4 Å². The molecule has 0 saturated carbocycles. The van der Waals surface area contributed by atoms with Crippen LogP contribution in [0.5, 0.6) is 0 Å². The molecule has 0 aromatic carbocycles. The molecule has 0 aliphatic carbocycles. The van der Waals surface area contributed by atoms with Crippen LogP contribution in [-0.4, -0.2) is 35.3 Å². The highest BCUT2D eigenvalue weighted by Gasteiger charge is 2.24. The molecule has 0 spiro atoms. The molecule has 1 saturated heterocycles. The quantitative estimate of drug-likeness (QED) is 0.756. The van der Waals surface area contributed by atoms with Crippen molar-refractivity contribution in [1.82, 2.24) is 9.97 Å². The van der Waals surface area contributed by atoms with Gasteiger partial charge in [-0.2, -0.15) is 0 Å². The van der Waals surface area contributed by atoms with Gasteiger partial charge in [0.1, 0.15) is 12.4 Å². The highest BCUT2D eigenvalue weighted by Crippen LogP contribution is 2.23. The van der Waals surface area contributed by atoms with Crippen LogP contribution in [0.4, 0.5) is 16.3 Å². The van der Waals surface area contributed by atoms with Crippen LogP contribution in [0, 0.1) is 0 Å². The fraction of sp³-hybridized carbons (Fsp3) is 0.500. The molecule has 0 bridgehead atoms. The van der Waals surface area contributed by atoms with Crippen molar-refractivity contribution in [2.24, 2.45) is 5.73 Å². The predicted molar refractivity (Wildman–Crippen MR) is 62.3 cm³/mol. The number of nitrogens with two attached hydrogens (primary N) is 2. The first kappa shape index (κ1) is 11.4. The number of piperidine rings is 1. The summed E-state index contributed by atoms with van der Waals surface area (Å²) in [5.41, 5.74) is 11.3. The van der Waals surface area contributed by atoms with Crippen LogP contribution in [0.2, 0.25) is 0 Å². The Hall–Kier alpha value is -2.05. The summed E-state index contributed by atoms with van der Waals surface area (Å²) in [6, 6.07) is 0. The second-order valence-electron chi connectivity index (χ2n) is 3.95. The molecule has 1 aromatic heterocycles. The van der Waals surface area contributed by atoms with E-state index in [-0.39, 0.29) is 6.10 Å². The molecule has 2 rings (SSSR count). The van der Waals surface area contributed by atoms with Crippen molar-refractivity contribution in [2.45, 2.75) is 18.9 Å². The van der Waals surface area contributed by atoms with Crippen molar-refractivity contribution in [3.8, 4) is 0 Å². The number of aromatic nitrogens is 2. The van der Waals surface area contributed by atoms with E-state index in [2.05, 4.69) is 9.97 Å². The average molecular weight is 237 g/mol. The second kappa shape index (κ2) is 4.86. The number of hydrogen-bond donors (Lipinski definition) is 2. The third-order valence-corrected chi connectivity index (χ3v) is 2.68. The molecule has 7 nitrogen and oxygen atoms in total. The van der Waals surface area contributed by atoms with E-state index < -0.39 is 6.09 Å². The van der Waals surface area contributed by atoms with E-state index >= 15 is 0 Å². The molecule has 7 heteroatoms. The summed E-state index contributed by atoms with van der Waals surface area (Å²) in [7, 11) is 0. The van der Waals surface area contributed by atoms with E-state index in [9.17, 15) is 4.79 Å². The van der Waals surface area contributed by atoms with Crippen LogP contribution < -0.4 is 16.4 Å². The van der Waals surface area contributed by atoms with E-state index in [1.807, 2.05) is 4.90 Å². The van der Waals surface area contributed by atoms with E-state index in [0.29, 0.717) is 18.1 Å². The Morgan fingerprint density at radius 1 is 1.59 bits per heavy atom. The van der Waals surface area contributed by atoms with Crippen molar-refractivity contribution in [1.29, 1.82) is 0 Å². The summed E-state index contributed by atoms with van der Waals surface area (Å²) in [6.07, 6.45) is 3.78. The Kier molecular flexibility index (Phi) is 3.27. The van der Waals surface area contributed by atoms with E-state index in [0.717, 1.165) is 19.4 Å². The molecule has 0 radical (unpaired) electrons. The third kappa shape index (κ3) is 2.74. The van der Waals surface area contributed by atoms with Crippen molar-refractivity contribution < 1.29 is 9.53 Å². The number of hydrogen-bond acceptors (Lipinski definition) is 6. The van der Waals surface area contributed by atoms with Crippen LogP contribution in [0.15, 0.2) is 12.5 Å². The second-order valence-corrected chi connectivity index (χ2v) is 3.95. The largest absolute Gasteiger partial charge is 0.445 e. The smallest absolute Gasteiger partial charge is 0.404 e. The molecule has 1 aliphatic heterocycles. The lowest BCUT2D eigenvalue weighted by molar-refractivity contribution is 0.0964. The molecule has 1 fully saturated rings. The van der Waals surface area contributed by atoms with E-state index in [1.165, 1.54) is 6.33 Å². The first-order valence-electron chi connectivity index (χ1n) is 5.43. The zero-order chi connectivity index (χ0) is 12.3. The van der Waals surface area contributed by atoms with Gasteiger partial charge in [-0.1, -0.05) is 0 Å². The molecule has 92 valence electrons. The highest BCUT2D eigenvalue weighted by atomic mass is 16.6. The molecule has 1 aromatic rings. The van der Waals surface area contributed by atoms with Crippen molar-refractivity contribution in [3.05, 3.63) is 12.5 Å². The standard InChI is InChI=1S/C10H15N5O2/c11-8-4-13-6-14-9(8)15-3-1-2-7(5-15)17-10(12)16/h4,6-7H,1-3,5,11H2,(H2,12,16)/t7-/m0/s1. The van der Waals surface area contributed by atoms with Gasteiger partial charge in [-0.05, 0) is 12.8 Å². The van der Waals surface area contributed by atoms with Gasteiger partial charge in [-0.25, -0.2) is 14.8 Å². The van der Waals surface area contributed by atoms with Gasteiger partial charge in [0.2, 0.25) is 0 Å². The minimum absolute atomic E-state index is 0.199. The lowest BCUT2D eigenvalue weighted by Crippen LogP contribution is -2.42. The molecular formula is C10H15N5O2. The average Bonchev–Trinajstić information content (AvgIpc) is 2.29. The zero-order valence-corrected chi connectivity index (χ0v) is 9.37. The lowest BCUT2D eigenvalue weighted by atomic mass is 10.1. The zero-order valence-electron chi connectivity index (χ0n) is 9.37. The molecule has 17 heavy (non-hydrogen) atoms. The normalized spacial score (nSPS) is 20.0. The third-order valence-electron chi connectivity index (χ3n) is 2.68. The van der Waals surface area contributed by atoms with Crippen molar-refractivity contribution in [3.63, 3.8) is 0 Å². The first-order valence-corrected chi connectivity index (χ1v) is 5.43. The molecule has 4 N–H and O–H groups in total. The summed E-state index contributed by atoms with van der Waals surface area (Å²) in [5.74, 6) is 0.678. The van der Waals surface area contributed by atoms with Crippen LogP contribution in [0.3, 0.4) is 0 Å². The monoisotopic (exact) mass is 237 g/mol. The minimum atomic E-state index is -0.743. The van der Waals surface area contributed by atoms with Gasteiger partial charge in [0.15, 0.2) is 5.82 Å². The number of anilines is 2.